The molecule has 1 aromatic rings. The van der Waals surface area contributed by atoms with Gasteiger partial charge in [-0.15, -0.1) is 0 Å². The fourth-order valence-corrected chi connectivity index (χ4v) is 2.57. The van der Waals surface area contributed by atoms with E-state index < -0.39 is 0 Å². The largest absolute Gasteiger partial charge is 0.398 e. The van der Waals surface area contributed by atoms with Gasteiger partial charge in [0.05, 0.1) is 0 Å². The van der Waals surface area contributed by atoms with E-state index in [0.29, 0.717) is 18.2 Å². The third-order valence-electron chi connectivity index (χ3n) is 3.97. The fraction of sp³-hybridized carbons (Fsp3) is 0.533. The van der Waals surface area contributed by atoms with Gasteiger partial charge >= 0.3 is 0 Å². The molecule has 0 aliphatic carbocycles. The molecule has 3 N–H and O–H groups in total. The maximum absolute atomic E-state index is 12.0. The van der Waals surface area contributed by atoms with Gasteiger partial charge in [-0.2, -0.15) is 0 Å². The molecule has 1 aliphatic heterocycles. The molecule has 0 bridgehead atoms. The monoisotopic (exact) mass is 261 g/mol. The summed E-state index contributed by atoms with van der Waals surface area (Å²) < 4.78 is 0. The highest BCUT2D eigenvalue weighted by molar-refractivity contribution is 5.92. The maximum Gasteiger partial charge on any atom is 0.225 e. The number of amides is 1. The Hall–Kier alpha value is -1.55. The minimum Gasteiger partial charge on any atom is -0.398 e. The average molecular weight is 261 g/mol. The van der Waals surface area contributed by atoms with Gasteiger partial charge in [0.15, 0.2) is 0 Å². The predicted octanol–water partition coefficient (Wildman–Crippen LogP) is 2.39. The van der Waals surface area contributed by atoms with Crippen LogP contribution in [0, 0.1) is 6.92 Å². The van der Waals surface area contributed by atoms with E-state index in [1.807, 2.05) is 25.1 Å². The highest BCUT2D eigenvalue weighted by Gasteiger charge is 2.20. The summed E-state index contributed by atoms with van der Waals surface area (Å²) in [6.45, 7) is 6.11. The third-order valence-corrected chi connectivity index (χ3v) is 3.97. The van der Waals surface area contributed by atoms with Gasteiger partial charge in [-0.05, 0) is 50.9 Å². The molecular weight excluding hydrogens is 238 g/mol. The first-order chi connectivity index (χ1) is 9.08. The number of carbonyl (C=O) groups is 1. The Morgan fingerprint density at radius 2 is 2.32 bits per heavy atom. The van der Waals surface area contributed by atoms with Crippen molar-refractivity contribution in [2.75, 3.05) is 24.1 Å². The molecule has 4 nitrogen and oxygen atoms in total. The van der Waals surface area contributed by atoms with Crippen molar-refractivity contribution in [1.29, 1.82) is 0 Å². The van der Waals surface area contributed by atoms with Gasteiger partial charge in [0.2, 0.25) is 5.91 Å². The van der Waals surface area contributed by atoms with Crippen LogP contribution in [-0.2, 0) is 4.79 Å². The molecule has 1 aliphatic rings. The van der Waals surface area contributed by atoms with Crippen LogP contribution in [0.25, 0.3) is 0 Å². The molecule has 104 valence electrons. The topological polar surface area (TPSA) is 58.4 Å². The van der Waals surface area contributed by atoms with Gasteiger partial charge < -0.3 is 16.0 Å². The van der Waals surface area contributed by atoms with Crippen LogP contribution >= 0.6 is 0 Å². The molecule has 1 saturated heterocycles. The summed E-state index contributed by atoms with van der Waals surface area (Å²) in [5, 5.41) is 2.94. The van der Waals surface area contributed by atoms with Gasteiger partial charge in [0, 0.05) is 30.4 Å². The van der Waals surface area contributed by atoms with Crippen LogP contribution in [0.1, 0.15) is 31.7 Å². The molecule has 1 amide bonds. The van der Waals surface area contributed by atoms with E-state index >= 15 is 0 Å². The van der Waals surface area contributed by atoms with Gasteiger partial charge in [-0.1, -0.05) is 6.07 Å². The Morgan fingerprint density at radius 3 is 3.00 bits per heavy atom. The van der Waals surface area contributed by atoms with E-state index in [1.54, 1.807) is 0 Å². The number of nitrogens with two attached hydrogens (primary N) is 1. The number of anilines is 2. The van der Waals surface area contributed by atoms with Crippen molar-refractivity contribution < 1.29 is 4.79 Å². The quantitative estimate of drug-likeness (QED) is 0.818. The van der Waals surface area contributed by atoms with Crippen molar-refractivity contribution in [3.8, 4) is 0 Å². The Balaban J connectivity index is 1.85. The van der Waals surface area contributed by atoms with Crippen LogP contribution in [0.2, 0.25) is 0 Å². The van der Waals surface area contributed by atoms with E-state index in [-0.39, 0.29) is 5.91 Å². The van der Waals surface area contributed by atoms with E-state index in [0.717, 1.165) is 24.3 Å². The second kappa shape index (κ2) is 6.06. The second-order valence-corrected chi connectivity index (χ2v) is 5.35. The van der Waals surface area contributed by atoms with Crippen LogP contribution < -0.4 is 11.1 Å². The second-order valence-electron chi connectivity index (χ2n) is 5.35. The predicted molar refractivity (Wildman–Crippen MR) is 79.1 cm³/mol. The lowest BCUT2D eigenvalue weighted by molar-refractivity contribution is -0.116. The number of nitrogen functional groups attached to an aromatic ring is 1. The minimum atomic E-state index is 0.0628. The van der Waals surface area contributed by atoms with Gasteiger partial charge in [0.1, 0.15) is 0 Å². The van der Waals surface area contributed by atoms with Crippen LogP contribution in [0.3, 0.4) is 0 Å². The van der Waals surface area contributed by atoms with Crippen LogP contribution in [0.4, 0.5) is 11.4 Å². The summed E-state index contributed by atoms with van der Waals surface area (Å²) in [7, 11) is 0. The zero-order chi connectivity index (χ0) is 13.8. The third kappa shape index (κ3) is 3.47. The minimum absolute atomic E-state index is 0.0628. The number of rotatable bonds is 4. The Kier molecular flexibility index (Phi) is 4.43. The number of benzene rings is 1. The normalized spacial score (nSPS) is 19.6. The first-order valence-electron chi connectivity index (χ1n) is 6.97. The molecule has 0 aromatic heterocycles. The SMILES string of the molecule is Cc1c(N)cccc1NC(=O)CCN1CCCC1C. The molecule has 1 aromatic carbocycles. The van der Waals surface area contributed by atoms with Crippen molar-refractivity contribution in [2.45, 2.75) is 39.2 Å². The van der Waals surface area contributed by atoms with Crippen LogP contribution in [0.5, 0.6) is 0 Å². The van der Waals surface area contributed by atoms with Crippen molar-refractivity contribution in [3.05, 3.63) is 23.8 Å². The van der Waals surface area contributed by atoms with E-state index in [1.165, 1.54) is 12.8 Å². The standard InChI is InChI=1S/C15H23N3O/c1-11-5-4-9-18(11)10-8-15(19)17-14-7-3-6-13(16)12(14)2/h3,6-7,11H,4-5,8-10,16H2,1-2H3,(H,17,19). The Labute approximate surface area is 115 Å². The molecule has 2 rings (SSSR count). The number of likely N-dealkylation sites (tertiary alicyclic amines) is 1. The van der Waals surface area contributed by atoms with Crippen LogP contribution in [-0.4, -0.2) is 29.9 Å². The van der Waals surface area contributed by atoms with Gasteiger partial charge in [-0.25, -0.2) is 0 Å². The van der Waals surface area contributed by atoms with E-state index in [4.69, 9.17) is 5.73 Å². The lowest BCUT2D eigenvalue weighted by Gasteiger charge is -2.20. The molecule has 4 heteroatoms. The highest BCUT2D eigenvalue weighted by atomic mass is 16.1. The Morgan fingerprint density at radius 1 is 1.53 bits per heavy atom. The Bertz CT molecular complexity index is 459. The van der Waals surface area contributed by atoms with Crippen molar-refractivity contribution in [1.82, 2.24) is 4.90 Å². The first kappa shape index (κ1) is 13.9. The molecule has 1 unspecified atom stereocenters. The number of nitrogens with zero attached hydrogens (tertiary/aromatic N) is 1. The summed E-state index contributed by atoms with van der Waals surface area (Å²) in [5.41, 5.74) is 8.30. The molecule has 1 fully saturated rings. The lowest BCUT2D eigenvalue weighted by Crippen LogP contribution is -2.30. The smallest absolute Gasteiger partial charge is 0.225 e. The molecule has 0 saturated carbocycles. The van der Waals surface area contributed by atoms with E-state index in [2.05, 4.69) is 17.1 Å². The molecule has 19 heavy (non-hydrogen) atoms. The molecule has 0 radical (unpaired) electrons. The molecule has 1 atom stereocenters. The fourth-order valence-electron chi connectivity index (χ4n) is 2.57. The highest BCUT2D eigenvalue weighted by Crippen LogP contribution is 2.21. The van der Waals surface area contributed by atoms with Crippen molar-refractivity contribution >= 4 is 17.3 Å². The van der Waals surface area contributed by atoms with Crippen molar-refractivity contribution in [2.24, 2.45) is 0 Å². The summed E-state index contributed by atoms with van der Waals surface area (Å²) in [5.74, 6) is 0.0628. The number of carbonyl (C=O) groups excluding carboxylic acids is 1. The van der Waals surface area contributed by atoms with Gasteiger partial charge in [-0.3, -0.25) is 4.79 Å². The zero-order valence-electron chi connectivity index (χ0n) is 11.8. The maximum atomic E-state index is 12.0. The first-order valence-corrected chi connectivity index (χ1v) is 6.97. The average Bonchev–Trinajstić information content (AvgIpc) is 2.78. The molecule has 1 heterocycles. The number of hydrogen-bond acceptors (Lipinski definition) is 3. The lowest BCUT2D eigenvalue weighted by atomic mass is 10.1. The summed E-state index contributed by atoms with van der Waals surface area (Å²) in [6, 6.07) is 6.21. The van der Waals surface area contributed by atoms with Crippen LogP contribution in [0.15, 0.2) is 18.2 Å². The number of nitrogens with one attached hydrogen (secondary N) is 1. The number of hydrogen-bond donors (Lipinski definition) is 2. The summed E-state index contributed by atoms with van der Waals surface area (Å²) in [4.78, 5) is 14.3. The zero-order valence-corrected chi connectivity index (χ0v) is 11.8. The molecular formula is C15H23N3O. The van der Waals surface area contributed by atoms with Gasteiger partial charge in [0.25, 0.3) is 0 Å². The summed E-state index contributed by atoms with van der Waals surface area (Å²) in [6.07, 6.45) is 3.03. The van der Waals surface area contributed by atoms with E-state index in [9.17, 15) is 4.79 Å². The molecule has 0 spiro atoms. The van der Waals surface area contributed by atoms with Crippen molar-refractivity contribution in [3.63, 3.8) is 0 Å². The summed E-state index contributed by atoms with van der Waals surface area (Å²) >= 11 is 0.